The number of hydrogen-bond donors (Lipinski definition) is 0. The molecule has 0 saturated heterocycles. The van der Waals surface area contributed by atoms with E-state index in [-0.39, 0.29) is 37.5 Å². The van der Waals surface area contributed by atoms with Crippen molar-refractivity contribution in [1.29, 1.82) is 0 Å². The van der Waals surface area contributed by atoms with Crippen molar-refractivity contribution < 1.29 is 28.6 Å². The van der Waals surface area contributed by atoms with Gasteiger partial charge in [0, 0.05) is 19.3 Å². The third kappa shape index (κ3) is 58.1. The standard InChI is InChI=1S/C67H106O6/c1-4-7-10-13-16-18-20-22-24-26-28-29-30-31-32-33-34-35-36-37-39-40-42-44-46-48-51-54-57-60-66(69)72-63-64(62-71-65(68)59-56-53-50-15-12-9-6-3)73-67(70)61-58-55-52-49-47-45-43-41-38-27-25-23-21-19-17-14-11-8-5-2/h7-8,10-11,16-19,22-25,28-29,31-32,34-35,37-39,41,45,47,64H,4-6,9,12-15,20-21,26-27,30,33,36,40,42-44,46,48-63H2,1-3H3/b10-7-,11-8-,18-16-,19-17-,24-22-,25-23-,29-28-,32-31-,35-34-,39-37-,41-38-,47-45-. The van der Waals surface area contributed by atoms with E-state index in [9.17, 15) is 14.4 Å². The van der Waals surface area contributed by atoms with Crippen LogP contribution in [0, 0.1) is 0 Å². The second-order valence-electron chi connectivity index (χ2n) is 18.8. The summed E-state index contributed by atoms with van der Waals surface area (Å²) in [6, 6.07) is 0. The van der Waals surface area contributed by atoms with Crippen LogP contribution in [0.5, 0.6) is 0 Å². The van der Waals surface area contributed by atoms with Crippen LogP contribution in [-0.2, 0) is 28.6 Å². The Hall–Kier alpha value is -4.71. The lowest BCUT2D eigenvalue weighted by Crippen LogP contribution is -2.30. The minimum Gasteiger partial charge on any atom is -0.462 e. The smallest absolute Gasteiger partial charge is 0.306 e. The topological polar surface area (TPSA) is 78.9 Å². The molecule has 0 bridgehead atoms. The molecule has 0 aromatic rings. The molecule has 6 nitrogen and oxygen atoms in total. The van der Waals surface area contributed by atoms with E-state index < -0.39 is 6.10 Å². The molecular weight excluding hydrogens is 901 g/mol. The van der Waals surface area contributed by atoms with Crippen molar-refractivity contribution in [2.45, 2.75) is 245 Å². The van der Waals surface area contributed by atoms with E-state index in [0.29, 0.717) is 12.8 Å². The highest BCUT2D eigenvalue weighted by atomic mass is 16.6. The zero-order valence-corrected chi connectivity index (χ0v) is 46.8. The molecule has 410 valence electrons. The zero-order valence-electron chi connectivity index (χ0n) is 46.8. The van der Waals surface area contributed by atoms with Crippen LogP contribution in [0.25, 0.3) is 0 Å². The van der Waals surface area contributed by atoms with E-state index in [2.05, 4.69) is 167 Å². The molecule has 0 heterocycles. The average molecular weight is 1010 g/mol. The van der Waals surface area contributed by atoms with Crippen molar-refractivity contribution in [1.82, 2.24) is 0 Å². The molecule has 0 fully saturated rings. The van der Waals surface area contributed by atoms with Crippen LogP contribution in [0.1, 0.15) is 239 Å². The van der Waals surface area contributed by atoms with E-state index in [1.54, 1.807) is 0 Å². The van der Waals surface area contributed by atoms with Gasteiger partial charge in [0.15, 0.2) is 6.10 Å². The summed E-state index contributed by atoms with van der Waals surface area (Å²) < 4.78 is 16.7. The van der Waals surface area contributed by atoms with Crippen LogP contribution in [0.2, 0.25) is 0 Å². The molecule has 1 unspecified atom stereocenters. The van der Waals surface area contributed by atoms with Gasteiger partial charge < -0.3 is 14.2 Å². The minimum atomic E-state index is -0.803. The van der Waals surface area contributed by atoms with Crippen molar-refractivity contribution in [3.8, 4) is 0 Å². The van der Waals surface area contributed by atoms with Crippen LogP contribution < -0.4 is 0 Å². The fraction of sp³-hybridized carbons (Fsp3) is 0.597. The summed E-state index contributed by atoms with van der Waals surface area (Å²) in [7, 11) is 0. The molecule has 0 aromatic heterocycles. The number of ether oxygens (including phenoxy) is 3. The van der Waals surface area contributed by atoms with Crippen molar-refractivity contribution in [3.05, 3.63) is 146 Å². The molecule has 1 atom stereocenters. The predicted octanol–water partition coefficient (Wildman–Crippen LogP) is 20.0. The molecule has 0 radical (unpaired) electrons. The van der Waals surface area contributed by atoms with Gasteiger partial charge in [-0.1, -0.05) is 244 Å². The zero-order chi connectivity index (χ0) is 52.9. The highest BCUT2D eigenvalue weighted by Gasteiger charge is 2.19. The van der Waals surface area contributed by atoms with E-state index in [4.69, 9.17) is 14.2 Å². The molecule has 6 heteroatoms. The van der Waals surface area contributed by atoms with Crippen LogP contribution in [-0.4, -0.2) is 37.2 Å². The summed E-state index contributed by atoms with van der Waals surface area (Å²) in [4.78, 5) is 38.0. The molecule has 0 aliphatic rings. The predicted molar refractivity (Wildman–Crippen MR) is 315 cm³/mol. The van der Waals surface area contributed by atoms with Gasteiger partial charge in [-0.15, -0.1) is 0 Å². The fourth-order valence-corrected chi connectivity index (χ4v) is 7.51. The summed E-state index contributed by atoms with van der Waals surface area (Å²) in [5, 5.41) is 0. The maximum Gasteiger partial charge on any atom is 0.306 e. The Balaban J connectivity index is 4.27. The SMILES string of the molecule is CC/C=C\C/C=C\C/C=C\C/C=C\C/C=C\C/C=C\C/C=C\CCCCCCCCCC(=O)OCC(COC(=O)CCCCCCCCC)OC(=O)CCCCC/C=C\C/C=C\C/C=C\C/C=C\C/C=C\CC. The van der Waals surface area contributed by atoms with Gasteiger partial charge in [-0.05, 0) is 122 Å². The summed E-state index contributed by atoms with van der Waals surface area (Å²) >= 11 is 0. The first-order valence-corrected chi connectivity index (χ1v) is 29.3. The molecule has 0 spiro atoms. The van der Waals surface area contributed by atoms with Crippen LogP contribution >= 0.6 is 0 Å². The third-order valence-corrected chi connectivity index (χ3v) is 11.8. The van der Waals surface area contributed by atoms with Gasteiger partial charge in [0.25, 0.3) is 0 Å². The van der Waals surface area contributed by atoms with Gasteiger partial charge in [0.1, 0.15) is 13.2 Å². The molecule has 0 aliphatic heterocycles. The molecule has 0 aromatic carbocycles. The van der Waals surface area contributed by atoms with E-state index in [0.717, 1.165) is 148 Å². The molecule has 73 heavy (non-hydrogen) atoms. The molecule has 0 amide bonds. The second-order valence-corrected chi connectivity index (χ2v) is 18.8. The summed E-state index contributed by atoms with van der Waals surface area (Å²) in [6.45, 7) is 6.32. The largest absolute Gasteiger partial charge is 0.462 e. The first-order chi connectivity index (χ1) is 36.0. The van der Waals surface area contributed by atoms with E-state index in [1.165, 1.54) is 51.4 Å². The number of hydrogen-bond acceptors (Lipinski definition) is 6. The summed E-state index contributed by atoms with van der Waals surface area (Å²) in [5.74, 6) is -0.957. The number of unbranched alkanes of at least 4 members (excludes halogenated alkanes) is 16. The highest BCUT2D eigenvalue weighted by molar-refractivity contribution is 5.71. The highest BCUT2D eigenvalue weighted by Crippen LogP contribution is 2.13. The van der Waals surface area contributed by atoms with Gasteiger partial charge in [0.05, 0.1) is 0 Å². The van der Waals surface area contributed by atoms with Crippen molar-refractivity contribution in [2.24, 2.45) is 0 Å². The number of carbonyl (C=O) groups is 3. The number of carbonyl (C=O) groups excluding carboxylic acids is 3. The number of esters is 3. The van der Waals surface area contributed by atoms with Crippen LogP contribution in [0.3, 0.4) is 0 Å². The van der Waals surface area contributed by atoms with Gasteiger partial charge >= 0.3 is 17.9 Å². The Bertz CT molecular complexity index is 1630. The van der Waals surface area contributed by atoms with Crippen molar-refractivity contribution in [2.75, 3.05) is 13.2 Å². The number of allylic oxidation sites excluding steroid dienone is 24. The lowest BCUT2D eigenvalue weighted by Gasteiger charge is -2.18. The maximum atomic E-state index is 12.8. The molecule has 0 rings (SSSR count). The fourth-order valence-electron chi connectivity index (χ4n) is 7.51. The van der Waals surface area contributed by atoms with Gasteiger partial charge in [-0.3, -0.25) is 14.4 Å². The molecule has 0 aliphatic carbocycles. The Kier molecular flexibility index (Phi) is 56.0. The first-order valence-electron chi connectivity index (χ1n) is 29.3. The Morgan fingerprint density at radius 1 is 0.288 bits per heavy atom. The van der Waals surface area contributed by atoms with Gasteiger partial charge in [0.2, 0.25) is 0 Å². The van der Waals surface area contributed by atoms with Crippen molar-refractivity contribution >= 4 is 17.9 Å². The number of rotatable bonds is 51. The minimum absolute atomic E-state index is 0.0995. The summed E-state index contributed by atoms with van der Waals surface area (Å²) in [5.41, 5.74) is 0. The monoisotopic (exact) mass is 1010 g/mol. The van der Waals surface area contributed by atoms with Crippen molar-refractivity contribution in [3.63, 3.8) is 0 Å². The Labute approximate surface area is 448 Å². The second kappa shape index (κ2) is 59.8. The maximum absolute atomic E-state index is 12.8. The normalized spacial score (nSPS) is 13.2. The van der Waals surface area contributed by atoms with E-state index >= 15 is 0 Å². The summed E-state index contributed by atoms with van der Waals surface area (Å²) in [6.07, 6.45) is 85.8. The quantitative estimate of drug-likeness (QED) is 0.0261. The van der Waals surface area contributed by atoms with Gasteiger partial charge in [-0.25, -0.2) is 0 Å². The lowest BCUT2D eigenvalue weighted by molar-refractivity contribution is -0.167. The molecule has 0 saturated carbocycles. The average Bonchev–Trinajstić information content (AvgIpc) is 3.39. The first kappa shape index (κ1) is 68.3. The molecule has 0 N–H and O–H groups in total. The van der Waals surface area contributed by atoms with E-state index in [1.807, 2.05) is 0 Å². The van der Waals surface area contributed by atoms with Crippen LogP contribution in [0.15, 0.2) is 146 Å². The van der Waals surface area contributed by atoms with Crippen LogP contribution in [0.4, 0.5) is 0 Å². The van der Waals surface area contributed by atoms with Gasteiger partial charge in [-0.2, -0.15) is 0 Å². The Morgan fingerprint density at radius 3 is 0.849 bits per heavy atom. The lowest BCUT2D eigenvalue weighted by atomic mass is 10.1. The third-order valence-electron chi connectivity index (χ3n) is 11.8. The Morgan fingerprint density at radius 2 is 0.534 bits per heavy atom. The molecular formula is C67H106O6.